The Morgan fingerprint density at radius 3 is 2.81 bits per heavy atom. The standard InChI is InChI=1S/C13H10N2S/c14-10-5-6-13-11(7-10)15-8-9-3-1-2-4-12(9)16-13/h1-8H,14H2. The first-order chi connectivity index (χ1) is 7.83. The first-order valence-corrected chi connectivity index (χ1v) is 5.85. The van der Waals surface area contributed by atoms with Gasteiger partial charge in [-0.3, -0.25) is 4.99 Å². The molecule has 2 nitrogen and oxygen atoms in total. The Balaban J connectivity index is 2.17. The van der Waals surface area contributed by atoms with Crippen LogP contribution in [0.15, 0.2) is 57.2 Å². The lowest BCUT2D eigenvalue weighted by molar-refractivity contribution is 1.39. The number of fused-ring (bicyclic) bond motifs is 2. The van der Waals surface area contributed by atoms with E-state index < -0.39 is 0 Å². The predicted octanol–water partition coefficient (Wildman–Crippen LogP) is 3.48. The number of nitrogens with zero attached hydrogens (tertiary/aromatic N) is 1. The molecule has 1 aliphatic rings. The predicted molar refractivity (Wildman–Crippen MR) is 68.7 cm³/mol. The molecule has 1 aliphatic heterocycles. The molecule has 3 rings (SSSR count). The van der Waals surface area contributed by atoms with Gasteiger partial charge in [-0.15, -0.1) is 0 Å². The highest BCUT2D eigenvalue weighted by molar-refractivity contribution is 7.99. The summed E-state index contributed by atoms with van der Waals surface area (Å²) in [5.41, 5.74) is 8.61. The summed E-state index contributed by atoms with van der Waals surface area (Å²) in [6.07, 6.45) is 1.90. The van der Waals surface area contributed by atoms with Crippen molar-refractivity contribution in [2.75, 3.05) is 5.73 Å². The third-order valence-electron chi connectivity index (χ3n) is 2.46. The van der Waals surface area contributed by atoms with Crippen LogP contribution >= 0.6 is 11.8 Å². The molecule has 0 atom stereocenters. The molecular formula is C13H10N2S. The van der Waals surface area contributed by atoms with Crippen LogP contribution in [-0.2, 0) is 0 Å². The van der Waals surface area contributed by atoms with E-state index in [4.69, 9.17) is 5.73 Å². The highest BCUT2D eigenvalue weighted by Gasteiger charge is 2.10. The summed E-state index contributed by atoms with van der Waals surface area (Å²) in [5.74, 6) is 0. The van der Waals surface area contributed by atoms with Crippen LogP contribution in [0.25, 0.3) is 0 Å². The van der Waals surface area contributed by atoms with Crippen LogP contribution in [-0.4, -0.2) is 6.21 Å². The van der Waals surface area contributed by atoms with Crippen LogP contribution in [0.5, 0.6) is 0 Å². The number of nitrogen functional groups attached to an aromatic ring is 1. The van der Waals surface area contributed by atoms with Crippen LogP contribution in [0, 0.1) is 0 Å². The van der Waals surface area contributed by atoms with Gasteiger partial charge >= 0.3 is 0 Å². The molecule has 0 amide bonds. The summed E-state index contributed by atoms with van der Waals surface area (Å²) in [5, 5.41) is 0. The van der Waals surface area contributed by atoms with Crippen molar-refractivity contribution in [2.45, 2.75) is 9.79 Å². The highest BCUT2D eigenvalue weighted by atomic mass is 32.2. The van der Waals surface area contributed by atoms with E-state index in [0.29, 0.717) is 0 Å². The lowest BCUT2D eigenvalue weighted by Gasteiger charge is -2.04. The number of aliphatic imine (C=N–C) groups is 1. The molecule has 0 spiro atoms. The average Bonchev–Trinajstić information content (AvgIpc) is 2.48. The Labute approximate surface area is 98.2 Å². The van der Waals surface area contributed by atoms with Crippen molar-refractivity contribution in [2.24, 2.45) is 4.99 Å². The summed E-state index contributed by atoms with van der Waals surface area (Å²) in [6, 6.07) is 14.1. The molecule has 0 radical (unpaired) electrons. The molecule has 2 aromatic rings. The fourth-order valence-electron chi connectivity index (χ4n) is 1.66. The molecule has 16 heavy (non-hydrogen) atoms. The molecule has 0 saturated heterocycles. The molecule has 78 valence electrons. The monoisotopic (exact) mass is 226 g/mol. The maximum absolute atomic E-state index is 5.75. The minimum Gasteiger partial charge on any atom is -0.399 e. The zero-order valence-electron chi connectivity index (χ0n) is 8.55. The first kappa shape index (κ1) is 9.48. The molecule has 3 heteroatoms. The van der Waals surface area contributed by atoms with E-state index >= 15 is 0 Å². The number of hydrogen-bond acceptors (Lipinski definition) is 3. The number of rotatable bonds is 0. The second-order valence-electron chi connectivity index (χ2n) is 3.63. The van der Waals surface area contributed by atoms with Gasteiger partial charge in [0.15, 0.2) is 0 Å². The lowest BCUT2D eigenvalue weighted by atomic mass is 10.2. The van der Waals surface area contributed by atoms with E-state index in [1.54, 1.807) is 11.8 Å². The van der Waals surface area contributed by atoms with Gasteiger partial charge in [0.1, 0.15) is 0 Å². The third-order valence-corrected chi connectivity index (χ3v) is 3.62. The van der Waals surface area contributed by atoms with Crippen LogP contribution in [0.4, 0.5) is 11.4 Å². The summed E-state index contributed by atoms with van der Waals surface area (Å²) in [6.45, 7) is 0. The van der Waals surface area contributed by atoms with Gasteiger partial charge in [-0.05, 0) is 24.3 Å². The van der Waals surface area contributed by atoms with Gasteiger partial charge in [0.2, 0.25) is 0 Å². The molecule has 2 N–H and O–H groups in total. The van der Waals surface area contributed by atoms with Crippen molar-refractivity contribution < 1.29 is 0 Å². The van der Waals surface area contributed by atoms with Crippen molar-refractivity contribution in [3.63, 3.8) is 0 Å². The fourth-order valence-corrected chi connectivity index (χ4v) is 2.63. The molecule has 0 saturated carbocycles. The Bertz CT molecular complexity index is 576. The SMILES string of the molecule is Nc1ccc2c(c1)N=Cc1ccccc1S2. The number of benzene rings is 2. The Morgan fingerprint density at radius 2 is 1.88 bits per heavy atom. The third kappa shape index (κ3) is 1.59. The average molecular weight is 226 g/mol. The van der Waals surface area contributed by atoms with E-state index in [9.17, 15) is 0 Å². The molecule has 0 aliphatic carbocycles. The van der Waals surface area contributed by atoms with Crippen molar-refractivity contribution >= 4 is 29.4 Å². The number of anilines is 1. The quantitative estimate of drug-likeness (QED) is 0.596. The number of hydrogen-bond donors (Lipinski definition) is 1. The second kappa shape index (κ2) is 3.68. The van der Waals surface area contributed by atoms with Crippen LogP contribution in [0.1, 0.15) is 5.56 Å². The second-order valence-corrected chi connectivity index (χ2v) is 4.71. The molecule has 0 bridgehead atoms. The van der Waals surface area contributed by atoms with Gasteiger partial charge < -0.3 is 5.73 Å². The lowest BCUT2D eigenvalue weighted by Crippen LogP contribution is -1.83. The smallest absolute Gasteiger partial charge is 0.0789 e. The fraction of sp³-hybridized carbons (Fsp3) is 0. The summed E-state index contributed by atoms with van der Waals surface area (Å²) in [4.78, 5) is 6.84. The van der Waals surface area contributed by atoms with Gasteiger partial charge in [0.25, 0.3) is 0 Å². The molecule has 0 aromatic heterocycles. The zero-order chi connectivity index (χ0) is 11.0. The summed E-state index contributed by atoms with van der Waals surface area (Å²) < 4.78 is 0. The van der Waals surface area contributed by atoms with Crippen molar-refractivity contribution in [3.05, 3.63) is 48.0 Å². The minimum atomic E-state index is 0.752. The van der Waals surface area contributed by atoms with Gasteiger partial charge in [0.05, 0.1) is 5.69 Å². The number of nitrogens with two attached hydrogens (primary N) is 1. The summed E-state index contributed by atoms with van der Waals surface area (Å²) in [7, 11) is 0. The van der Waals surface area contributed by atoms with Gasteiger partial charge in [-0.25, -0.2) is 0 Å². The molecule has 0 unspecified atom stereocenters. The van der Waals surface area contributed by atoms with E-state index in [-0.39, 0.29) is 0 Å². The molecular weight excluding hydrogens is 216 g/mol. The first-order valence-electron chi connectivity index (χ1n) is 5.03. The molecule has 0 fully saturated rings. The van der Waals surface area contributed by atoms with E-state index in [1.165, 1.54) is 4.90 Å². The minimum absolute atomic E-state index is 0.752. The normalized spacial score (nSPS) is 12.8. The summed E-state index contributed by atoms with van der Waals surface area (Å²) >= 11 is 1.73. The molecule has 2 aromatic carbocycles. The van der Waals surface area contributed by atoms with E-state index in [1.807, 2.05) is 36.5 Å². The Kier molecular flexibility index (Phi) is 2.18. The van der Waals surface area contributed by atoms with Crippen molar-refractivity contribution in [3.8, 4) is 0 Å². The van der Waals surface area contributed by atoms with Crippen molar-refractivity contribution in [1.29, 1.82) is 0 Å². The van der Waals surface area contributed by atoms with Gasteiger partial charge in [-0.1, -0.05) is 30.0 Å². The zero-order valence-corrected chi connectivity index (χ0v) is 9.37. The van der Waals surface area contributed by atoms with Crippen LogP contribution in [0.2, 0.25) is 0 Å². The topological polar surface area (TPSA) is 38.4 Å². The molecule has 1 heterocycles. The van der Waals surface area contributed by atoms with Crippen molar-refractivity contribution in [1.82, 2.24) is 0 Å². The van der Waals surface area contributed by atoms with Crippen LogP contribution < -0.4 is 5.73 Å². The van der Waals surface area contributed by atoms with Gasteiger partial charge in [-0.2, -0.15) is 0 Å². The van der Waals surface area contributed by atoms with E-state index in [2.05, 4.69) is 17.1 Å². The van der Waals surface area contributed by atoms with E-state index in [0.717, 1.165) is 21.8 Å². The maximum Gasteiger partial charge on any atom is 0.0789 e. The van der Waals surface area contributed by atoms with Crippen LogP contribution in [0.3, 0.4) is 0 Å². The van der Waals surface area contributed by atoms with Gasteiger partial charge in [0, 0.05) is 27.3 Å². The highest BCUT2D eigenvalue weighted by Crippen LogP contribution is 2.39. The maximum atomic E-state index is 5.75. The largest absolute Gasteiger partial charge is 0.399 e. The Hall–Kier alpha value is -1.74. The Morgan fingerprint density at radius 1 is 1.00 bits per heavy atom.